The highest BCUT2D eigenvalue weighted by Crippen LogP contribution is 2.24. The summed E-state index contributed by atoms with van der Waals surface area (Å²) in [4.78, 5) is 24.8. The minimum Gasteiger partial charge on any atom is -0.296 e. The number of nitrogens with zero attached hydrogens (tertiary/aromatic N) is 6. The first-order valence-corrected chi connectivity index (χ1v) is 8.28. The molecule has 0 unspecified atom stereocenters. The third kappa shape index (κ3) is 3.17. The molecular weight excluding hydrogens is 357 g/mol. The fourth-order valence-electron chi connectivity index (χ4n) is 2.22. The minimum absolute atomic E-state index is 0.247. The molecular formula is C16H10FN7OS. The van der Waals surface area contributed by atoms with Crippen molar-refractivity contribution in [3.63, 3.8) is 0 Å². The number of hydrogen-bond donors (Lipinski definition) is 1. The van der Waals surface area contributed by atoms with E-state index in [2.05, 4.69) is 30.6 Å². The summed E-state index contributed by atoms with van der Waals surface area (Å²) in [5.41, 5.74) is 1.78. The topological polar surface area (TPSA) is 98.5 Å². The van der Waals surface area contributed by atoms with Gasteiger partial charge in [0.1, 0.15) is 11.5 Å². The van der Waals surface area contributed by atoms with Crippen molar-refractivity contribution < 1.29 is 9.18 Å². The zero-order valence-electron chi connectivity index (χ0n) is 13.1. The van der Waals surface area contributed by atoms with E-state index in [0.717, 1.165) is 0 Å². The van der Waals surface area contributed by atoms with Gasteiger partial charge in [-0.3, -0.25) is 20.1 Å². The van der Waals surface area contributed by atoms with Gasteiger partial charge < -0.3 is 0 Å². The number of pyridine rings is 2. The van der Waals surface area contributed by atoms with Crippen molar-refractivity contribution in [1.82, 2.24) is 29.9 Å². The molecule has 0 fully saturated rings. The molecule has 0 saturated heterocycles. The standard InChI is InChI=1S/C16H10FN7OS/c17-10-1-6-19-12(7-10)13-9-26-16(21-13)22-15(25)14-8-20-23-24(14)11-2-4-18-5-3-11/h1-9H,(H,21,22,25). The summed E-state index contributed by atoms with van der Waals surface area (Å²) >= 11 is 1.21. The molecule has 0 bridgehead atoms. The van der Waals surface area contributed by atoms with Gasteiger partial charge in [0.15, 0.2) is 10.8 Å². The van der Waals surface area contributed by atoms with E-state index in [0.29, 0.717) is 22.2 Å². The summed E-state index contributed by atoms with van der Waals surface area (Å²) in [5, 5.41) is 12.4. The highest BCUT2D eigenvalue weighted by molar-refractivity contribution is 7.14. The smallest absolute Gasteiger partial charge is 0.277 e. The van der Waals surface area contributed by atoms with Crippen molar-refractivity contribution in [2.75, 3.05) is 5.32 Å². The molecule has 4 aromatic rings. The second-order valence-electron chi connectivity index (χ2n) is 5.09. The fraction of sp³-hybridized carbons (Fsp3) is 0. The number of carbonyl (C=O) groups is 1. The summed E-state index contributed by atoms with van der Waals surface area (Å²) in [6, 6.07) is 5.96. The van der Waals surface area contributed by atoms with Crippen molar-refractivity contribution in [3.8, 4) is 17.1 Å². The Morgan fingerprint density at radius 1 is 1.15 bits per heavy atom. The molecule has 1 N–H and O–H groups in total. The van der Waals surface area contributed by atoms with Crippen LogP contribution in [-0.4, -0.2) is 35.9 Å². The Balaban J connectivity index is 1.56. The van der Waals surface area contributed by atoms with Gasteiger partial charge in [-0.2, -0.15) is 0 Å². The van der Waals surface area contributed by atoms with Crippen molar-refractivity contribution >= 4 is 22.4 Å². The Morgan fingerprint density at radius 2 is 2.00 bits per heavy atom. The van der Waals surface area contributed by atoms with Crippen LogP contribution in [0.5, 0.6) is 0 Å². The molecule has 0 aliphatic carbocycles. The van der Waals surface area contributed by atoms with E-state index in [1.165, 1.54) is 40.5 Å². The first-order valence-electron chi connectivity index (χ1n) is 7.40. The minimum atomic E-state index is -0.417. The molecule has 1 amide bonds. The predicted octanol–water partition coefficient (Wildman–Crippen LogP) is 2.57. The monoisotopic (exact) mass is 367 g/mol. The Morgan fingerprint density at radius 3 is 2.81 bits per heavy atom. The molecule has 0 aliphatic heterocycles. The number of carbonyl (C=O) groups excluding carboxylic acids is 1. The number of rotatable bonds is 4. The average Bonchev–Trinajstić information content (AvgIpc) is 3.32. The maximum absolute atomic E-state index is 13.3. The van der Waals surface area contributed by atoms with E-state index in [-0.39, 0.29) is 5.69 Å². The molecule has 0 aromatic carbocycles. The maximum atomic E-state index is 13.3. The summed E-state index contributed by atoms with van der Waals surface area (Å²) in [7, 11) is 0. The summed E-state index contributed by atoms with van der Waals surface area (Å²) in [6.45, 7) is 0. The second kappa shape index (κ2) is 6.76. The molecule has 0 spiro atoms. The highest BCUT2D eigenvalue weighted by atomic mass is 32.1. The van der Waals surface area contributed by atoms with Crippen molar-refractivity contribution in [2.24, 2.45) is 0 Å². The third-order valence-electron chi connectivity index (χ3n) is 3.40. The SMILES string of the molecule is O=C(Nc1nc(-c2cc(F)ccn2)cs1)c1cnnn1-c1ccncc1. The number of halogens is 1. The molecule has 0 atom stereocenters. The summed E-state index contributed by atoms with van der Waals surface area (Å²) < 4.78 is 14.7. The van der Waals surface area contributed by atoms with E-state index >= 15 is 0 Å². The average molecular weight is 367 g/mol. The van der Waals surface area contributed by atoms with E-state index < -0.39 is 11.7 Å². The van der Waals surface area contributed by atoms with Crippen molar-refractivity contribution in [3.05, 3.63) is 65.9 Å². The largest absolute Gasteiger partial charge is 0.296 e. The lowest BCUT2D eigenvalue weighted by Gasteiger charge is -2.05. The molecule has 8 nitrogen and oxygen atoms in total. The zero-order chi connectivity index (χ0) is 17.9. The first kappa shape index (κ1) is 16.0. The molecule has 26 heavy (non-hydrogen) atoms. The van der Waals surface area contributed by atoms with E-state index in [1.807, 2.05) is 0 Å². The van der Waals surface area contributed by atoms with Gasteiger partial charge in [-0.05, 0) is 18.2 Å². The fourth-order valence-corrected chi connectivity index (χ4v) is 2.92. The Labute approximate surface area is 150 Å². The molecule has 4 heterocycles. The molecule has 0 aliphatic rings. The number of nitrogens with one attached hydrogen (secondary N) is 1. The van der Waals surface area contributed by atoms with Gasteiger partial charge in [0.25, 0.3) is 5.91 Å². The van der Waals surface area contributed by atoms with Gasteiger partial charge in [0, 0.05) is 30.0 Å². The number of hydrogen-bond acceptors (Lipinski definition) is 7. The Bertz CT molecular complexity index is 1060. The molecule has 128 valence electrons. The molecule has 0 radical (unpaired) electrons. The van der Waals surface area contributed by atoms with Crippen LogP contribution in [0.15, 0.2) is 54.4 Å². The number of amides is 1. The first-order chi connectivity index (χ1) is 12.7. The number of anilines is 1. The lowest BCUT2D eigenvalue weighted by Crippen LogP contribution is -2.16. The maximum Gasteiger partial charge on any atom is 0.277 e. The van der Waals surface area contributed by atoms with Crippen LogP contribution in [0.2, 0.25) is 0 Å². The number of thiazole rings is 1. The quantitative estimate of drug-likeness (QED) is 0.595. The lowest BCUT2D eigenvalue weighted by atomic mass is 10.3. The predicted molar refractivity (Wildman–Crippen MR) is 92.4 cm³/mol. The summed E-state index contributed by atoms with van der Waals surface area (Å²) in [6.07, 6.45) is 5.91. The molecule has 4 aromatic heterocycles. The van der Waals surface area contributed by atoms with Gasteiger partial charge in [-0.15, -0.1) is 16.4 Å². The Hall–Kier alpha value is -3.53. The molecule has 4 rings (SSSR count). The molecule has 10 heteroatoms. The van der Waals surface area contributed by atoms with Gasteiger partial charge in [-0.25, -0.2) is 14.1 Å². The number of aromatic nitrogens is 6. The van der Waals surface area contributed by atoms with Crippen LogP contribution in [0.1, 0.15) is 10.5 Å². The van der Waals surface area contributed by atoms with Gasteiger partial charge >= 0.3 is 0 Å². The van der Waals surface area contributed by atoms with Crippen molar-refractivity contribution in [1.29, 1.82) is 0 Å². The lowest BCUT2D eigenvalue weighted by molar-refractivity contribution is 0.101. The van der Waals surface area contributed by atoms with Crippen LogP contribution in [0.25, 0.3) is 17.1 Å². The third-order valence-corrected chi connectivity index (χ3v) is 4.16. The van der Waals surface area contributed by atoms with Gasteiger partial charge in [0.05, 0.1) is 17.6 Å². The molecule has 0 saturated carbocycles. The highest BCUT2D eigenvalue weighted by Gasteiger charge is 2.16. The van der Waals surface area contributed by atoms with E-state index in [1.54, 1.807) is 29.9 Å². The van der Waals surface area contributed by atoms with Gasteiger partial charge in [0.2, 0.25) is 0 Å². The van der Waals surface area contributed by atoms with Crippen molar-refractivity contribution in [2.45, 2.75) is 0 Å². The second-order valence-corrected chi connectivity index (χ2v) is 5.95. The normalized spacial score (nSPS) is 10.7. The van der Waals surface area contributed by atoms with E-state index in [9.17, 15) is 9.18 Å². The van der Waals surface area contributed by atoms with Crippen LogP contribution in [-0.2, 0) is 0 Å². The zero-order valence-corrected chi connectivity index (χ0v) is 13.9. The van der Waals surface area contributed by atoms with Crippen LogP contribution in [0.3, 0.4) is 0 Å². The van der Waals surface area contributed by atoms with Crippen LogP contribution >= 0.6 is 11.3 Å². The van der Waals surface area contributed by atoms with Crippen LogP contribution in [0.4, 0.5) is 9.52 Å². The Kier molecular flexibility index (Phi) is 4.15. The summed E-state index contributed by atoms with van der Waals surface area (Å²) in [5.74, 6) is -0.819. The van der Waals surface area contributed by atoms with Crippen LogP contribution < -0.4 is 5.32 Å². The van der Waals surface area contributed by atoms with Crippen LogP contribution in [0, 0.1) is 5.82 Å². The van der Waals surface area contributed by atoms with E-state index in [4.69, 9.17) is 0 Å². The van der Waals surface area contributed by atoms with Gasteiger partial charge in [-0.1, -0.05) is 5.21 Å².